The first-order valence-corrected chi connectivity index (χ1v) is 5.19. The van der Waals surface area contributed by atoms with E-state index in [4.69, 9.17) is 11.6 Å². The lowest BCUT2D eigenvalue weighted by atomic mass is 10.2. The zero-order valence-electron chi connectivity index (χ0n) is 6.51. The van der Waals surface area contributed by atoms with Crippen LogP contribution in [0.4, 0.5) is 0 Å². The van der Waals surface area contributed by atoms with Crippen LogP contribution in [0.15, 0.2) is 24.3 Å². The topological polar surface area (TPSA) is 0 Å². The summed E-state index contributed by atoms with van der Waals surface area (Å²) in [5.74, 6) is 2.17. The molecule has 0 aliphatic carbocycles. The summed E-state index contributed by atoms with van der Waals surface area (Å²) in [5, 5.41) is 0.883. The minimum absolute atomic E-state index is 0.883. The molecule has 0 bridgehead atoms. The van der Waals surface area contributed by atoms with Gasteiger partial charge in [0.15, 0.2) is 0 Å². The molecule has 0 aliphatic rings. The third-order valence-electron chi connectivity index (χ3n) is 1.42. The highest BCUT2D eigenvalue weighted by Gasteiger charge is 1.96. The van der Waals surface area contributed by atoms with Crippen LogP contribution in [-0.2, 0) is 5.75 Å². The molecule has 11 heavy (non-hydrogen) atoms. The van der Waals surface area contributed by atoms with Crippen LogP contribution in [-0.4, -0.2) is 5.75 Å². The molecule has 0 saturated carbocycles. The summed E-state index contributed by atoms with van der Waals surface area (Å²) in [7, 11) is 0. The van der Waals surface area contributed by atoms with Gasteiger partial charge in [-0.3, -0.25) is 0 Å². The van der Waals surface area contributed by atoms with Gasteiger partial charge in [0.2, 0.25) is 0 Å². The van der Waals surface area contributed by atoms with Crippen LogP contribution >= 0.6 is 23.4 Å². The fourth-order valence-corrected chi connectivity index (χ4v) is 1.79. The van der Waals surface area contributed by atoms with Crippen LogP contribution in [0.25, 0.3) is 0 Å². The van der Waals surface area contributed by atoms with E-state index < -0.39 is 0 Å². The minimum Gasteiger partial charge on any atom is -0.157 e. The molecule has 0 aliphatic heterocycles. The Labute approximate surface area is 77.0 Å². The van der Waals surface area contributed by atoms with Gasteiger partial charge in [-0.25, -0.2) is 0 Å². The molecule has 1 aromatic carbocycles. The van der Waals surface area contributed by atoms with Crippen molar-refractivity contribution in [1.82, 2.24) is 0 Å². The summed E-state index contributed by atoms with van der Waals surface area (Å²) in [5.41, 5.74) is 1.24. The summed E-state index contributed by atoms with van der Waals surface area (Å²) in [6.07, 6.45) is 0. The predicted molar refractivity (Wildman–Crippen MR) is 53.3 cm³/mol. The van der Waals surface area contributed by atoms with Gasteiger partial charge >= 0.3 is 0 Å². The van der Waals surface area contributed by atoms with Gasteiger partial charge in [-0.15, -0.1) is 0 Å². The standard InChI is InChI=1S/C9H11ClS/c1-2-11-7-8-5-3-4-6-9(8)10/h3-6H,2,7H2,1H3. The highest BCUT2D eigenvalue weighted by Crippen LogP contribution is 2.20. The molecular weight excluding hydrogens is 176 g/mol. The molecule has 0 unspecified atom stereocenters. The third-order valence-corrected chi connectivity index (χ3v) is 2.71. The molecule has 0 aromatic heterocycles. The Kier molecular flexibility index (Phi) is 3.81. The van der Waals surface area contributed by atoms with Crippen molar-refractivity contribution < 1.29 is 0 Å². The number of hydrogen-bond acceptors (Lipinski definition) is 1. The van der Waals surface area contributed by atoms with E-state index in [-0.39, 0.29) is 0 Å². The summed E-state index contributed by atoms with van der Waals surface area (Å²) in [6.45, 7) is 2.15. The molecule has 1 rings (SSSR count). The van der Waals surface area contributed by atoms with Gasteiger partial charge in [-0.2, -0.15) is 11.8 Å². The average molecular weight is 187 g/mol. The van der Waals surface area contributed by atoms with E-state index in [0.717, 1.165) is 16.5 Å². The molecule has 0 spiro atoms. The second-order valence-corrected chi connectivity index (χ2v) is 3.91. The van der Waals surface area contributed by atoms with Gasteiger partial charge in [0.05, 0.1) is 0 Å². The van der Waals surface area contributed by atoms with Gasteiger partial charge in [0, 0.05) is 10.8 Å². The van der Waals surface area contributed by atoms with E-state index in [1.807, 2.05) is 30.0 Å². The van der Waals surface area contributed by atoms with Crippen LogP contribution in [0, 0.1) is 0 Å². The van der Waals surface area contributed by atoms with Gasteiger partial charge in [0.25, 0.3) is 0 Å². The number of halogens is 1. The van der Waals surface area contributed by atoms with Crippen molar-refractivity contribution in [3.63, 3.8) is 0 Å². The number of benzene rings is 1. The van der Waals surface area contributed by atoms with E-state index in [1.165, 1.54) is 5.56 Å². The van der Waals surface area contributed by atoms with E-state index in [9.17, 15) is 0 Å². The SMILES string of the molecule is CCSCc1ccccc1Cl. The monoisotopic (exact) mass is 186 g/mol. The predicted octanol–water partition coefficient (Wildman–Crippen LogP) is 3.59. The number of hydrogen-bond donors (Lipinski definition) is 0. The highest BCUT2D eigenvalue weighted by atomic mass is 35.5. The zero-order valence-corrected chi connectivity index (χ0v) is 8.08. The molecule has 0 saturated heterocycles. The fourth-order valence-electron chi connectivity index (χ4n) is 0.827. The van der Waals surface area contributed by atoms with Crippen LogP contribution in [0.2, 0.25) is 5.02 Å². The smallest absolute Gasteiger partial charge is 0.0446 e. The second-order valence-electron chi connectivity index (χ2n) is 2.23. The molecule has 0 nitrogen and oxygen atoms in total. The van der Waals surface area contributed by atoms with Crippen LogP contribution in [0.3, 0.4) is 0 Å². The molecule has 0 N–H and O–H groups in total. The van der Waals surface area contributed by atoms with Crippen molar-refractivity contribution in [3.8, 4) is 0 Å². The first-order chi connectivity index (χ1) is 5.34. The van der Waals surface area contributed by atoms with E-state index in [0.29, 0.717) is 0 Å². The van der Waals surface area contributed by atoms with Crippen molar-refractivity contribution in [1.29, 1.82) is 0 Å². The Hall–Kier alpha value is -0.140. The Bertz CT molecular complexity index is 223. The maximum absolute atomic E-state index is 5.95. The first-order valence-electron chi connectivity index (χ1n) is 3.65. The second kappa shape index (κ2) is 4.68. The first kappa shape index (κ1) is 8.95. The van der Waals surface area contributed by atoms with E-state index in [1.54, 1.807) is 0 Å². The van der Waals surface area contributed by atoms with Gasteiger partial charge in [-0.1, -0.05) is 36.7 Å². The fraction of sp³-hybridized carbons (Fsp3) is 0.333. The average Bonchev–Trinajstić information content (AvgIpc) is 2.03. The summed E-state index contributed by atoms with van der Waals surface area (Å²) in [4.78, 5) is 0. The Morgan fingerprint density at radius 3 is 2.73 bits per heavy atom. The van der Waals surface area contributed by atoms with Crippen LogP contribution in [0.5, 0.6) is 0 Å². The van der Waals surface area contributed by atoms with E-state index >= 15 is 0 Å². The maximum Gasteiger partial charge on any atom is 0.0446 e. The quantitative estimate of drug-likeness (QED) is 0.695. The van der Waals surface area contributed by atoms with Gasteiger partial charge in [-0.05, 0) is 17.4 Å². The molecule has 0 amide bonds. The molecule has 60 valence electrons. The van der Waals surface area contributed by atoms with Crippen molar-refractivity contribution >= 4 is 23.4 Å². The highest BCUT2D eigenvalue weighted by molar-refractivity contribution is 7.98. The molecule has 0 heterocycles. The van der Waals surface area contributed by atoms with Crippen molar-refractivity contribution in [3.05, 3.63) is 34.9 Å². The molecule has 1 aromatic rings. The Morgan fingerprint density at radius 1 is 1.36 bits per heavy atom. The lowest BCUT2D eigenvalue weighted by molar-refractivity contribution is 1.39. The Morgan fingerprint density at radius 2 is 2.09 bits per heavy atom. The molecule has 0 atom stereocenters. The van der Waals surface area contributed by atoms with Crippen molar-refractivity contribution in [2.24, 2.45) is 0 Å². The van der Waals surface area contributed by atoms with Crippen molar-refractivity contribution in [2.45, 2.75) is 12.7 Å². The molecule has 2 heteroatoms. The summed E-state index contributed by atoms with van der Waals surface area (Å²) < 4.78 is 0. The van der Waals surface area contributed by atoms with Crippen molar-refractivity contribution in [2.75, 3.05) is 5.75 Å². The number of thioether (sulfide) groups is 1. The van der Waals surface area contributed by atoms with Crippen LogP contribution in [0.1, 0.15) is 12.5 Å². The third kappa shape index (κ3) is 2.76. The zero-order chi connectivity index (χ0) is 8.10. The van der Waals surface area contributed by atoms with E-state index in [2.05, 4.69) is 13.0 Å². The van der Waals surface area contributed by atoms with Gasteiger partial charge in [0.1, 0.15) is 0 Å². The normalized spacial score (nSPS) is 10.0. The van der Waals surface area contributed by atoms with Crippen LogP contribution < -0.4 is 0 Å². The summed E-state index contributed by atoms with van der Waals surface area (Å²) >= 11 is 7.84. The van der Waals surface area contributed by atoms with Gasteiger partial charge < -0.3 is 0 Å². The lowest BCUT2D eigenvalue weighted by Gasteiger charge is -2.00. The molecule has 0 fully saturated rings. The minimum atomic E-state index is 0.883. The number of rotatable bonds is 3. The summed E-state index contributed by atoms with van der Waals surface area (Å²) in [6, 6.07) is 8.00. The Balaban J connectivity index is 2.62. The molecular formula is C9H11ClS. The largest absolute Gasteiger partial charge is 0.157 e. The molecule has 0 radical (unpaired) electrons. The maximum atomic E-state index is 5.95. The lowest BCUT2D eigenvalue weighted by Crippen LogP contribution is -1.81.